The fourth-order valence-corrected chi connectivity index (χ4v) is 4.05. The molecule has 0 bridgehead atoms. The monoisotopic (exact) mass is 390 g/mol. The highest BCUT2D eigenvalue weighted by Crippen LogP contribution is 2.38. The molecule has 148 valence electrons. The Balaban J connectivity index is 2.33. The minimum absolute atomic E-state index is 0.714. The van der Waals surface area contributed by atoms with Gasteiger partial charge in [-0.1, -0.05) is 18.2 Å². The molecule has 0 saturated heterocycles. The van der Waals surface area contributed by atoms with Crippen LogP contribution in [0.2, 0.25) is 0 Å². The van der Waals surface area contributed by atoms with Gasteiger partial charge < -0.3 is 18.9 Å². The number of nitrogens with zero attached hydrogens (tertiary/aromatic N) is 1. The molecule has 0 aliphatic carbocycles. The van der Waals surface area contributed by atoms with E-state index in [-0.39, 0.29) is 0 Å². The Labute approximate surface area is 170 Å². The smallest absolute Gasteiger partial charge is 0.296 e. The number of para-hydroxylation sites is 1. The Hall–Kier alpha value is -3.47. The summed E-state index contributed by atoms with van der Waals surface area (Å²) in [6.07, 6.45) is 0. The van der Waals surface area contributed by atoms with E-state index < -0.39 is 0 Å². The van der Waals surface area contributed by atoms with Gasteiger partial charge in [-0.05, 0) is 36.8 Å². The topological polar surface area (TPSA) is 40.8 Å². The van der Waals surface area contributed by atoms with Crippen LogP contribution < -0.4 is 23.5 Å². The number of hydrogen-bond acceptors (Lipinski definition) is 4. The maximum absolute atomic E-state index is 5.72. The zero-order valence-corrected chi connectivity index (χ0v) is 17.3. The summed E-state index contributed by atoms with van der Waals surface area (Å²) in [6.45, 7) is 2.10. The summed E-state index contributed by atoms with van der Waals surface area (Å²) in [7, 11) is 6.71. The van der Waals surface area contributed by atoms with Crippen LogP contribution in [0.5, 0.6) is 23.0 Å². The molecule has 0 saturated carbocycles. The van der Waals surface area contributed by atoms with Crippen LogP contribution in [-0.4, -0.2) is 28.4 Å². The molecule has 0 radical (unpaired) electrons. The lowest BCUT2D eigenvalue weighted by molar-refractivity contribution is -0.539. The van der Waals surface area contributed by atoms with Crippen LogP contribution in [0.25, 0.3) is 27.5 Å². The van der Waals surface area contributed by atoms with Gasteiger partial charge in [-0.15, -0.1) is 4.57 Å². The maximum Gasteiger partial charge on any atom is 0.296 e. The summed E-state index contributed by atoms with van der Waals surface area (Å²) in [5.74, 6) is 3.03. The minimum atomic E-state index is 0.714. The molecule has 0 atom stereocenters. The Morgan fingerprint density at radius 3 is 1.34 bits per heavy atom. The first-order chi connectivity index (χ1) is 14.2. The molecule has 4 rings (SSSR count). The molecule has 4 aromatic rings. The molecule has 0 fully saturated rings. The SMILES string of the molecule is COc1cccc(OC)c1-[n+]1c2cccc(OC)c2c(C)c2c(OC)cccc21. The van der Waals surface area contributed by atoms with Crippen molar-refractivity contribution < 1.29 is 23.5 Å². The molecule has 0 aliphatic rings. The van der Waals surface area contributed by atoms with Gasteiger partial charge >= 0.3 is 0 Å². The van der Waals surface area contributed by atoms with Crippen molar-refractivity contribution in [3.05, 3.63) is 60.2 Å². The number of methoxy groups -OCH3 is 4. The van der Waals surface area contributed by atoms with Gasteiger partial charge in [0.15, 0.2) is 11.5 Å². The Morgan fingerprint density at radius 1 is 0.552 bits per heavy atom. The third kappa shape index (κ3) is 2.81. The predicted octanol–water partition coefficient (Wildman–Crippen LogP) is 4.61. The Morgan fingerprint density at radius 2 is 0.931 bits per heavy atom. The van der Waals surface area contributed by atoms with E-state index in [1.54, 1.807) is 28.4 Å². The van der Waals surface area contributed by atoms with Gasteiger partial charge in [0.25, 0.3) is 5.69 Å². The van der Waals surface area contributed by atoms with E-state index in [1.165, 1.54) is 0 Å². The predicted molar refractivity (Wildman–Crippen MR) is 114 cm³/mol. The van der Waals surface area contributed by atoms with Gasteiger partial charge in [-0.25, -0.2) is 0 Å². The Kier molecular flexibility index (Phi) is 4.89. The van der Waals surface area contributed by atoms with Crippen LogP contribution in [0.1, 0.15) is 5.56 Å². The quantitative estimate of drug-likeness (QED) is 0.369. The summed E-state index contributed by atoms with van der Waals surface area (Å²) in [4.78, 5) is 0. The van der Waals surface area contributed by atoms with Crippen LogP contribution in [0.4, 0.5) is 0 Å². The molecule has 3 aromatic carbocycles. The van der Waals surface area contributed by atoms with Crippen molar-refractivity contribution in [2.24, 2.45) is 0 Å². The van der Waals surface area contributed by atoms with Gasteiger partial charge in [0.1, 0.15) is 11.5 Å². The normalized spacial score (nSPS) is 10.9. The summed E-state index contributed by atoms with van der Waals surface area (Å²) < 4.78 is 25.0. The van der Waals surface area contributed by atoms with E-state index in [0.29, 0.717) is 11.5 Å². The molecule has 0 spiro atoms. The molecular formula is C24H24NO4+. The lowest BCUT2D eigenvalue weighted by Crippen LogP contribution is -2.34. The van der Waals surface area contributed by atoms with E-state index in [4.69, 9.17) is 18.9 Å². The van der Waals surface area contributed by atoms with E-state index in [0.717, 1.165) is 44.6 Å². The maximum atomic E-state index is 5.72. The highest BCUT2D eigenvalue weighted by Gasteiger charge is 2.30. The van der Waals surface area contributed by atoms with Crippen molar-refractivity contribution in [3.8, 4) is 28.7 Å². The summed E-state index contributed by atoms with van der Waals surface area (Å²) in [5, 5.41) is 2.03. The fourth-order valence-electron chi connectivity index (χ4n) is 4.05. The molecule has 0 N–H and O–H groups in total. The van der Waals surface area contributed by atoms with Crippen molar-refractivity contribution in [1.82, 2.24) is 0 Å². The molecule has 0 unspecified atom stereocenters. The average Bonchev–Trinajstić information content (AvgIpc) is 2.78. The van der Waals surface area contributed by atoms with Crippen LogP contribution in [0, 0.1) is 6.92 Å². The highest BCUT2D eigenvalue weighted by atomic mass is 16.5. The third-order valence-corrected chi connectivity index (χ3v) is 5.31. The van der Waals surface area contributed by atoms with Crippen molar-refractivity contribution in [2.45, 2.75) is 6.92 Å². The summed E-state index contributed by atoms with van der Waals surface area (Å²) in [5.41, 5.74) is 3.90. The van der Waals surface area contributed by atoms with E-state index in [2.05, 4.69) is 23.6 Å². The van der Waals surface area contributed by atoms with Crippen molar-refractivity contribution in [3.63, 3.8) is 0 Å². The molecule has 5 nitrogen and oxygen atoms in total. The second-order valence-corrected chi connectivity index (χ2v) is 6.68. The van der Waals surface area contributed by atoms with Crippen LogP contribution in [0.3, 0.4) is 0 Å². The van der Waals surface area contributed by atoms with Gasteiger partial charge in [0.05, 0.1) is 39.2 Å². The zero-order valence-electron chi connectivity index (χ0n) is 17.3. The molecule has 1 heterocycles. The average molecular weight is 390 g/mol. The highest BCUT2D eigenvalue weighted by molar-refractivity contribution is 6.00. The largest absolute Gasteiger partial charge is 0.496 e. The number of hydrogen-bond donors (Lipinski definition) is 0. The fraction of sp³-hybridized carbons (Fsp3) is 0.208. The second-order valence-electron chi connectivity index (χ2n) is 6.68. The molecule has 0 aliphatic heterocycles. The van der Waals surface area contributed by atoms with Crippen LogP contribution >= 0.6 is 0 Å². The molecular weight excluding hydrogens is 366 g/mol. The zero-order chi connectivity index (χ0) is 20.5. The lowest BCUT2D eigenvalue weighted by Gasteiger charge is -2.16. The van der Waals surface area contributed by atoms with E-state index in [9.17, 15) is 0 Å². The first-order valence-corrected chi connectivity index (χ1v) is 9.35. The second kappa shape index (κ2) is 7.51. The van der Waals surface area contributed by atoms with Crippen molar-refractivity contribution >= 4 is 21.8 Å². The van der Waals surface area contributed by atoms with Crippen LogP contribution in [-0.2, 0) is 0 Å². The molecule has 29 heavy (non-hydrogen) atoms. The number of pyridine rings is 1. The summed E-state index contributed by atoms with van der Waals surface area (Å²) >= 11 is 0. The molecule has 5 heteroatoms. The number of aromatic nitrogens is 1. The number of fused-ring (bicyclic) bond motifs is 2. The number of rotatable bonds is 5. The van der Waals surface area contributed by atoms with Crippen molar-refractivity contribution in [1.29, 1.82) is 0 Å². The Bertz CT molecular complexity index is 1130. The van der Waals surface area contributed by atoms with Gasteiger partial charge in [0.2, 0.25) is 11.0 Å². The summed E-state index contributed by atoms with van der Waals surface area (Å²) in [6, 6.07) is 17.9. The lowest BCUT2D eigenvalue weighted by atomic mass is 10.0. The van der Waals surface area contributed by atoms with Gasteiger partial charge in [0, 0.05) is 12.1 Å². The standard InChI is InChI=1S/C24H24NO4/c1-15-22-16(9-6-11-18(22)26-2)25(17-10-7-12-19(27-3)23(15)17)24-20(28-4)13-8-14-21(24)29-5/h6-14H,1-5H3/q+1. The van der Waals surface area contributed by atoms with Crippen molar-refractivity contribution in [2.75, 3.05) is 28.4 Å². The molecule has 0 amide bonds. The number of ether oxygens (including phenoxy) is 4. The van der Waals surface area contributed by atoms with Gasteiger partial charge in [-0.2, -0.15) is 0 Å². The van der Waals surface area contributed by atoms with E-state index >= 15 is 0 Å². The third-order valence-electron chi connectivity index (χ3n) is 5.31. The number of aryl methyl sites for hydroxylation is 1. The van der Waals surface area contributed by atoms with E-state index in [1.807, 2.05) is 42.5 Å². The number of benzene rings is 3. The molecule has 1 aromatic heterocycles. The first-order valence-electron chi connectivity index (χ1n) is 9.35. The van der Waals surface area contributed by atoms with Gasteiger partial charge in [-0.3, -0.25) is 0 Å². The minimum Gasteiger partial charge on any atom is -0.496 e. The van der Waals surface area contributed by atoms with Crippen LogP contribution in [0.15, 0.2) is 54.6 Å². The first kappa shape index (κ1) is 18.9.